The van der Waals surface area contributed by atoms with E-state index in [1.165, 1.54) is 4.88 Å². The largest absolute Gasteiger partial charge is 0.467 e. The third kappa shape index (κ3) is 4.65. The van der Waals surface area contributed by atoms with Gasteiger partial charge in [-0.2, -0.15) is 0 Å². The van der Waals surface area contributed by atoms with Gasteiger partial charge < -0.3 is 14.9 Å². The van der Waals surface area contributed by atoms with E-state index in [1.807, 2.05) is 38.3 Å². The first kappa shape index (κ1) is 25.1. The van der Waals surface area contributed by atoms with Gasteiger partial charge in [-0.25, -0.2) is 0 Å². The molecule has 192 valence electrons. The van der Waals surface area contributed by atoms with Gasteiger partial charge in [-0.15, -0.1) is 21.5 Å². The average molecular weight is 518 g/mol. The minimum Gasteiger partial charge on any atom is -0.467 e. The number of ether oxygens (including phenoxy) is 1. The van der Waals surface area contributed by atoms with Gasteiger partial charge in [0.05, 0.1) is 24.9 Å². The Morgan fingerprint density at radius 2 is 1.81 bits per heavy atom. The summed E-state index contributed by atoms with van der Waals surface area (Å²) in [5, 5.41) is 9.82. The standard InChI is InChI=1S/C28H31N5O3S/c1-15-16(2)37-27-24(15)25(19-9-7-18(8-10-19)20-11-12-35-22(20)14-29)30-21(13-23(34)36-28(4,5)6)26-32-31-17(3)33(26)27/h7-12,21H,13-14,29H2,1-6H3/t21-/m0/s1. The van der Waals surface area contributed by atoms with Crippen molar-refractivity contribution in [3.8, 4) is 16.1 Å². The highest BCUT2D eigenvalue weighted by Gasteiger charge is 2.33. The van der Waals surface area contributed by atoms with Crippen LogP contribution in [0.25, 0.3) is 16.1 Å². The third-order valence-corrected chi connectivity index (χ3v) is 7.61. The first-order valence-corrected chi connectivity index (χ1v) is 13.1. The van der Waals surface area contributed by atoms with Crippen molar-refractivity contribution in [1.82, 2.24) is 14.8 Å². The third-order valence-electron chi connectivity index (χ3n) is 6.42. The molecule has 0 amide bonds. The highest BCUT2D eigenvalue weighted by atomic mass is 32.1. The van der Waals surface area contributed by atoms with Gasteiger partial charge in [0, 0.05) is 21.6 Å². The maximum Gasteiger partial charge on any atom is 0.308 e. The molecule has 0 bridgehead atoms. The summed E-state index contributed by atoms with van der Waals surface area (Å²) in [6.45, 7) is 12.1. The van der Waals surface area contributed by atoms with E-state index in [0.29, 0.717) is 12.4 Å². The average Bonchev–Trinajstić information content (AvgIpc) is 3.51. The van der Waals surface area contributed by atoms with Crippen molar-refractivity contribution in [3.05, 3.63) is 75.6 Å². The summed E-state index contributed by atoms with van der Waals surface area (Å²) in [5.41, 5.74) is 11.2. The normalized spacial score (nSPS) is 15.1. The second kappa shape index (κ2) is 9.39. The molecule has 1 atom stereocenters. The van der Waals surface area contributed by atoms with E-state index in [9.17, 15) is 4.79 Å². The first-order chi connectivity index (χ1) is 17.6. The summed E-state index contributed by atoms with van der Waals surface area (Å²) in [7, 11) is 0. The second-order valence-corrected chi connectivity index (χ2v) is 11.4. The zero-order chi connectivity index (χ0) is 26.5. The van der Waals surface area contributed by atoms with E-state index in [4.69, 9.17) is 19.9 Å². The van der Waals surface area contributed by atoms with Crippen molar-refractivity contribution in [2.24, 2.45) is 10.7 Å². The van der Waals surface area contributed by atoms with Crippen LogP contribution >= 0.6 is 11.3 Å². The SMILES string of the molecule is Cc1sc2c(c1C)C(c1ccc(-c3ccoc3CN)cc1)=N[C@@H](CC(=O)OC(C)(C)C)c1nnc(C)n1-2. The Morgan fingerprint density at radius 1 is 1.11 bits per heavy atom. The number of rotatable bonds is 5. The Labute approximate surface area is 220 Å². The molecule has 0 spiro atoms. The molecule has 3 aromatic heterocycles. The number of hydrogen-bond donors (Lipinski definition) is 1. The molecule has 8 nitrogen and oxygen atoms in total. The molecular formula is C28H31N5O3S. The lowest BCUT2D eigenvalue weighted by Crippen LogP contribution is -2.25. The van der Waals surface area contributed by atoms with Crippen LogP contribution in [0, 0.1) is 20.8 Å². The van der Waals surface area contributed by atoms with Crippen molar-refractivity contribution in [1.29, 1.82) is 0 Å². The molecule has 4 heterocycles. The van der Waals surface area contributed by atoms with Crippen molar-refractivity contribution in [2.45, 2.75) is 66.2 Å². The van der Waals surface area contributed by atoms with Gasteiger partial charge in [0.25, 0.3) is 0 Å². The Balaban J connectivity index is 1.64. The van der Waals surface area contributed by atoms with Crippen LogP contribution < -0.4 is 5.73 Å². The number of nitrogens with zero attached hydrogens (tertiary/aromatic N) is 4. The van der Waals surface area contributed by atoms with Gasteiger partial charge in [0.1, 0.15) is 28.2 Å². The van der Waals surface area contributed by atoms with E-state index >= 15 is 0 Å². The van der Waals surface area contributed by atoms with E-state index in [1.54, 1.807) is 17.6 Å². The summed E-state index contributed by atoms with van der Waals surface area (Å²) >= 11 is 1.69. The predicted molar refractivity (Wildman–Crippen MR) is 144 cm³/mol. The predicted octanol–water partition coefficient (Wildman–Crippen LogP) is 5.60. The number of aliphatic imine (C=N–C) groups is 1. The van der Waals surface area contributed by atoms with Crippen LogP contribution in [0.4, 0.5) is 0 Å². The molecule has 5 rings (SSSR count). The van der Waals surface area contributed by atoms with Gasteiger partial charge in [-0.3, -0.25) is 14.4 Å². The number of hydrogen-bond acceptors (Lipinski definition) is 8. The number of aromatic nitrogens is 3. The number of carbonyl (C=O) groups is 1. The van der Waals surface area contributed by atoms with E-state index in [0.717, 1.165) is 50.1 Å². The van der Waals surface area contributed by atoms with Gasteiger partial charge in [0.2, 0.25) is 0 Å². The molecule has 0 saturated carbocycles. The number of nitrogens with two attached hydrogens (primary N) is 1. The molecule has 4 aromatic rings. The maximum atomic E-state index is 12.9. The lowest BCUT2D eigenvalue weighted by molar-refractivity contribution is -0.155. The highest BCUT2D eigenvalue weighted by Crippen LogP contribution is 2.40. The van der Waals surface area contributed by atoms with Crippen LogP contribution in [0.1, 0.15) is 72.2 Å². The molecule has 0 fully saturated rings. The van der Waals surface area contributed by atoms with Crippen molar-refractivity contribution in [2.75, 3.05) is 0 Å². The van der Waals surface area contributed by atoms with E-state index in [-0.39, 0.29) is 12.4 Å². The number of furan rings is 1. The quantitative estimate of drug-likeness (QED) is 0.345. The molecule has 0 radical (unpaired) electrons. The van der Waals surface area contributed by atoms with Crippen LogP contribution in [0.5, 0.6) is 0 Å². The molecule has 9 heteroatoms. The Kier molecular flexibility index (Phi) is 6.37. The number of fused-ring (bicyclic) bond motifs is 3. The molecule has 0 aliphatic carbocycles. The molecule has 1 aliphatic rings. The number of benzene rings is 1. The van der Waals surface area contributed by atoms with Crippen molar-refractivity contribution >= 4 is 23.0 Å². The van der Waals surface area contributed by atoms with Gasteiger partial charge >= 0.3 is 5.97 Å². The zero-order valence-electron chi connectivity index (χ0n) is 22.0. The van der Waals surface area contributed by atoms with Gasteiger partial charge in [-0.05, 0) is 58.7 Å². The van der Waals surface area contributed by atoms with Crippen molar-refractivity contribution in [3.63, 3.8) is 0 Å². The summed E-state index contributed by atoms with van der Waals surface area (Å²) in [5.74, 6) is 1.82. The van der Waals surface area contributed by atoms with Crippen molar-refractivity contribution < 1.29 is 13.9 Å². The summed E-state index contributed by atoms with van der Waals surface area (Å²) in [6, 6.07) is 9.60. The smallest absolute Gasteiger partial charge is 0.308 e. The van der Waals surface area contributed by atoms with E-state index < -0.39 is 11.6 Å². The maximum absolute atomic E-state index is 12.9. The number of aryl methyl sites for hydroxylation is 2. The second-order valence-electron chi connectivity index (χ2n) is 10.2. The Hall–Kier alpha value is -3.56. The van der Waals surface area contributed by atoms with Crippen LogP contribution in [0.2, 0.25) is 0 Å². The summed E-state index contributed by atoms with van der Waals surface area (Å²) in [6.07, 6.45) is 1.72. The lowest BCUT2D eigenvalue weighted by atomic mass is 9.97. The monoisotopic (exact) mass is 517 g/mol. The van der Waals surface area contributed by atoms with Crippen LogP contribution in [-0.2, 0) is 16.1 Å². The first-order valence-electron chi connectivity index (χ1n) is 12.3. The summed E-state index contributed by atoms with van der Waals surface area (Å²) < 4.78 is 13.2. The number of esters is 1. The molecular weight excluding hydrogens is 486 g/mol. The fourth-order valence-corrected chi connectivity index (χ4v) is 5.84. The highest BCUT2D eigenvalue weighted by molar-refractivity contribution is 7.15. The molecule has 1 aromatic carbocycles. The van der Waals surface area contributed by atoms with Crippen LogP contribution in [0.3, 0.4) is 0 Å². The van der Waals surface area contributed by atoms with E-state index in [2.05, 4.69) is 48.3 Å². The molecule has 1 aliphatic heterocycles. The van der Waals surface area contributed by atoms with Gasteiger partial charge in [-0.1, -0.05) is 24.3 Å². The minimum atomic E-state index is -0.588. The Bertz CT molecular complexity index is 1500. The van der Waals surface area contributed by atoms with Crippen LogP contribution in [-0.4, -0.2) is 32.0 Å². The molecule has 37 heavy (non-hydrogen) atoms. The topological polar surface area (TPSA) is 109 Å². The fraction of sp³-hybridized carbons (Fsp3) is 0.357. The molecule has 0 saturated heterocycles. The zero-order valence-corrected chi connectivity index (χ0v) is 22.8. The Morgan fingerprint density at radius 3 is 2.49 bits per heavy atom. The molecule has 2 N–H and O–H groups in total. The fourth-order valence-electron chi connectivity index (χ4n) is 4.63. The molecule has 0 unspecified atom stereocenters. The minimum absolute atomic E-state index is 0.0683. The van der Waals surface area contributed by atoms with Crippen LogP contribution in [0.15, 0.2) is 46.0 Å². The summed E-state index contributed by atoms with van der Waals surface area (Å²) in [4.78, 5) is 19.3. The number of thiophene rings is 1. The van der Waals surface area contributed by atoms with Gasteiger partial charge in [0.15, 0.2) is 5.82 Å². The number of carbonyl (C=O) groups excluding carboxylic acids is 1. The lowest BCUT2D eigenvalue weighted by Gasteiger charge is -2.21.